The molecule has 7 heteroatoms. The number of carbonyl (C=O) groups excluding carboxylic acids is 1. The van der Waals surface area contributed by atoms with Gasteiger partial charge in [-0.15, -0.1) is 0 Å². The number of nitrogens with zero attached hydrogens (tertiary/aromatic N) is 2. The summed E-state index contributed by atoms with van der Waals surface area (Å²) in [5, 5.41) is 9.20. The van der Waals surface area contributed by atoms with Crippen molar-refractivity contribution in [1.29, 1.82) is 0 Å². The van der Waals surface area contributed by atoms with E-state index in [1.54, 1.807) is 19.0 Å². The first kappa shape index (κ1) is 21.7. The molecule has 0 aromatic carbocycles. The average molecular weight is 332 g/mol. The lowest BCUT2D eigenvalue weighted by atomic mass is 10.0. The van der Waals surface area contributed by atoms with Gasteiger partial charge in [-0.25, -0.2) is 4.79 Å². The van der Waals surface area contributed by atoms with Gasteiger partial charge in [0.05, 0.1) is 13.2 Å². The minimum atomic E-state index is -0.827. The minimum absolute atomic E-state index is 0.0239. The van der Waals surface area contributed by atoms with Gasteiger partial charge >= 0.3 is 12.1 Å². The molecule has 0 unspecified atom stereocenters. The predicted octanol–water partition coefficient (Wildman–Crippen LogP) is 1.91. The van der Waals surface area contributed by atoms with Gasteiger partial charge in [-0.3, -0.25) is 9.69 Å². The van der Waals surface area contributed by atoms with Crippen LogP contribution in [0.4, 0.5) is 4.79 Å². The van der Waals surface area contributed by atoms with Crippen LogP contribution in [0.15, 0.2) is 0 Å². The van der Waals surface area contributed by atoms with Crippen molar-refractivity contribution in [1.82, 2.24) is 9.80 Å². The van der Waals surface area contributed by atoms with Gasteiger partial charge in [0.2, 0.25) is 0 Å². The van der Waals surface area contributed by atoms with Gasteiger partial charge in [0, 0.05) is 20.1 Å². The summed E-state index contributed by atoms with van der Waals surface area (Å²) in [7, 11) is 3.43. The highest BCUT2D eigenvalue weighted by Crippen LogP contribution is 2.10. The van der Waals surface area contributed by atoms with E-state index in [1.807, 2.05) is 34.6 Å². The van der Waals surface area contributed by atoms with Crippen molar-refractivity contribution in [3.63, 3.8) is 0 Å². The highest BCUT2D eigenvalue weighted by atomic mass is 16.6. The number of carbonyl (C=O) groups is 2. The van der Waals surface area contributed by atoms with Gasteiger partial charge in [-0.1, -0.05) is 13.8 Å². The summed E-state index contributed by atoms with van der Waals surface area (Å²) in [4.78, 5) is 26.2. The van der Waals surface area contributed by atoms with Gasteiger partial charge in [0.25, 0.3) is 0 Å². The monoisotopic (exact) mass is 332 g/mol. The van der Waals surface area contributed by atoms with E-state index in [-0.39, 0.29) is 12.0 Å². The molecule has 0 radical (unpaired) electrons. The molecule has 0 fully saturated rings. The number of carboxylic acids is 1. The van der Waals surface area contributed by atoms with E-state index >= 15 is 0 Å². The Bertz CT molecular complexity index is 379. The zero-order valence-electron chi connectivity index (χ0n) is 15.5. The standard InChI is InChI=1S/C16H32N2O5/c1-12(2)13(14(19)20)17(6)8-10-22-11-9-18(7)15(21)23-16(3,4)5/h12-13H,8-11H2,1-7H3,(H,19,20)/t13-/m0/s1. The van der Waals surface area contributed by atoms with Crippen LogP contribution < -0.4 is 0 Å². The smallest absolute Gasteiger partial charge is 0.410 e. The fourth-order valence-corrected chi connectivity index (χ4v) is 2.06. The molecular formula is C16H32N2O5. The molecule has 1 atom stereocenters. The molecule has 136 valence electrons. The lowest BCUT2D eigenvalue weighted by Crippen LogP contribution is -2.44. The van der Waals surface area contributed by atoms with Gasteiger partial charge < -0.3 is 19.5 Å². The van der Waals surface area contributed by atoms with Crippen molar-refractivity contribution in [3.8, 4) is 0 Å². The van der Waals surface area contributed by atoms with Gasteiger partial charge in [0.15, 0.2) is 0 Å². The van der Waals surface area contributed by atoms with E-state index in [0.29, 0.717) is 26.3 Å². The van der Waals surface area contributed by atoms with E-state index < -0.39 is 17.6 Å². The second-order valence-electron chi connectivity index (χ2n) is 7.02. The molecule has 0 spiro atoms. The van der Waals surface area contributed by atoms with Crippen molar-refractivity contribution in [2.24, 2.45) is 5.92 Å². The SMILES string of the molecule is CC(C)[C@@H](C(=O)O)N(C)CCOCCN(C)C(=O)OC(C)(C)C. The number of likely N-dealkylation sites (N-methyl/N-ethyl adjacent to an activating group) is 2. The Morgan fingerprint density at radius 3 is 2.04 bits per heavy atom. The van der Waals surface area contributed by atoms with Crippen LogP contribution in [-0.2, 0) is 14.3 Å². The van der Waals surface area contributed by atoms with Crippen LogP contribution in [0.1, 0.15) is 34.6 Å². The quantitative estimate of drug-likeness (QED) is 0.650. The van der Waals surface area contributed by atoms with Crippen LogP contribution in [0.25, 0.3) is 0 Å². The maximum atomic E-state index is 11.7. The van der Waals surface area contributed by atoms with Gasteiger partial charge in [-0.05, 0) is 33.7 Å². The van der Waals surface area contributed by atoms with E-state index in [4.69, 9.17) is 9.47 Å². The van der Waals surface area contributed by atoms with Gasteiger partial charge in [0.1, 0.15) is 11.6 Å². The largest absolute Gasteiger partial charge is 0.480 e. The third-order valence-electron chi connectivity index (χ3n) is 3.22. The number of hydrogen-bond donors (Lipinski definition) is 1. The molecule has 0 saturated carbocycles. The Morgan fingerprint density at radius 1 is 1.09 bits per heavy atom. The van der Waals surface area contributed by atoms with Crippen molar-refractivity contribution in [2.45, 2.75) is 46.3 Å². The third kappa shape index (κ3) is 9.40. The van der Waals surface area contributed by atoms with Crippen molar-refractivity contribution in [2.75, 3.05) is 40.4 Å². The third-order valence-corrected chi connectivity index (χ3v) is 3.22. The van der Waals surface area contributed by atoms with Crippen LogP contribution >= 0.6 is 0 Å². The number of hydrogen-bond acceptors (Lipinski definition) is 5. The molecule has 0 rings (SSSR count). The second kappa shape index (κ2) is 9.72. The predicted molar refractivity (Wildman–Crippen MR) is 88.6 cm³/mol. The van der Waals surface area contributed by atoms with Crippen molar-refractivity contribution >= 4 is 12.1 Å². The second-order valence-corrected chi connectivity index (χ2v) is 7.02. The Balaban J connectivity index is 4.00. The lowest BCUT2D eigenvalue weighted by molar-refractivity contribution is -0.144. The topological polar surface area (TPSA) is 79.3 Å². The van der Waals surface area contributed by atoms with Gasteiger partial charge in [-0.2, -0.15) is 0 Å². The summed E-state index contributed by atoms with van der Waals surface area (Å²) in [5.41, 5.74) is -0.516. The normalized spacial score (nSPS) is 13.3. The fraction of sp³-hybridized carbons (Fsp3) is 0.875. The maximum Gasteiger partial charge on any atom is 0.410 e. The zero-order valence-corrected chi connectivity index (χ0v) is 15.5. The first-order valence-electron chi connectivity index (χ1n) is 7.90. The summed E-state index contributed by atoms with van der Waals surface area (Å²) in [5.74, 6) is -0.803. The first-order valence-corrected chi connectivity index (χ1v) is 7.90. The van der Waals surface area contributed by atoms with Crippen LogP contribution in [0.2, 0.25) is 0 Å². The number of amides is 1. The molecule has 0 heterocycles. The number of aliphatic carboxylic acids is 1. The van der Waals surface area contributed by atoms with Crippen molar-refractivity contribution in [3.05, 3.63) is 0 Å². The molecule has 1 amide bonds. The van der Waals surface area contributed by atoms with E-state index in [9.17, 15) is 14.7 Å². The van der Waals surface area contributed by atoms with Crippen LogP contribution in [0.5, 0.6) is 0 Å². The molecule has 0 saturated heterocycles. The van der Waals surface area contributed by atoms with Crippen LogP contribution in [-0.4, -0.2) is 79.0 Å². The molecule has 0 aromatic rings. The zero-order chi connectivity index (χ0) is 18.2. The fourth-order valence-electron chi connectivity index (χ4n) is 2.06. The molecule has 0 aromatic heterocycles. The van der Waals surface area contributed by atoms with E-state index in [2.05, 4.69) is 0 Å². The maximum absolute atomic E-state index is 11.7. The summed E-state index contributed by atoms with van der Waals surface area (Å²) >= 11 is 0. The molecular weight excluding hydrogens is 300 g/mol. The Hall–Kier alpha value is -1.34. The molecule has 1 N–H and O–H groups in total. The summed E-state index contributed by atoms with van der Waals surface area (Å²) in [6.07, 6.45) is -0.385. The number of rotatable bonds is 9. The molecule has 0 aliphatic carbocycles. The Labute approximate surface area is 139 Å². The summed E-state index contributed by atoms with van der Waals surface area (Å²) in [6.45, 7) is 10.9. The van der Waals surface area contributed by atoms with Crippen LogP contribution in [0.3, 0.4) is 0 Å². The molecule has 23 heavy (non-hydrogen) atoms. The summed E-state index contributed by atoms with van der Waals surface area (Å²) in [6, 6.07) is -0.525. The lowest BCUT2D eigenvalue weighted by Gasteiger charge is -2.27. The van der Waals surface area contributed by atoms with E-state index in [1.165, 1.54) is 4.90 Å². The molecule has 0 aliphatic heterocycles. The number of ether oxygens (including phenoxy) is 2. The average Bonchev–Trinajstić information content (AvgIpc) is 2.34. The van der Waals surface area contributed by atoms with Crippen molar-refractivity contribution < 1.29 is 24.2 Å². The highest BCUT2D eigenvalue weighted by molar-refractivity contribution is 5.73. The Morgan fingerprint density at radius 2 is 1.61 bits per heavy atom. The highest BCUT2D eigenvalue weighted by Gasteiger charge is 2.25. The van der Waals surface area contributed by atoms with E-state index in [0.717, 1.165) is 0 Å². The van der Waals surface area contributed by atoms with Crippen LogP contribution in [0, 0.1) is 5.92 Å². The Kier molecular flexibility index (Phi) is 9.16. The number of carboxylic acid groups (broad SMARTS) is 1. The molecule has 7 nitrogen and oxygen atoms in total. The first-order chi connectivity index (χ1) is 10.5. The molecule has 0 bridgehead atoms. The summed E-state index contributed by atoms with van der Waals surface area (Å²) < 4.78 is 10.7. The molecule has 0 aliphatic rings. The minimum Gasteiger partial charge on any atom is -0.480 e.